The third-order valence-electron chi connectivity index (χ3n) is 4.79. The highest BCUT2D eigenvalue weighted by Crippen LogP contribution is 2.30. The first kappa shape index (κ1) is 19.7. The number of imide groups is 1. The Morgan fingerprint density at radius 3 is 2.38 bits per heavy atom. The molecular formula is C20H18N2O5S2. The van der Waals surface area contributed by atoms with Gasteiger partial charge in [0, 0.05) is 29.6 Å². The number of aliphatic hydroxyl groups is 1. The van der Waals surface area contributed by atoms with Gasteiger partial charge in [-0.25, -0.2) is 13.1 Å². The summed E-state index contributed by atoms with van der Waals surface area (Å²) in [5, 5.41) is 13.2. The van der Waals surface area contributed by atoms with Gasteiger partial charge in [0.1, 0.15) is 0 Å². The number of aliphatic hydroxyl groups excluding tert-OH is 1. The molecule has 2 aromatic carbocycles. The van der Waals surface area contributed by atoms with Crippen LogP contribution in [0.3, 0.4) is 0 Å². The number of carbonyl (C=O) groups is 2. The first-order valence-corrected chi connectivity index (χ1v) is 11.3. The van der Waals surface area contributed by atoms with Crippen molar-refractivity contribution in [2.24, 2.45) is 0 Å². The molecule has 0 radical (unpaired) electrons. The molecule has 0 saturated carbocycles. The minimum atomic E-state index is -3.86. The summed E-state index contributed by atoms with van der Waals surface area (Å²) in [6, 6.07) is 13.1. The van der Waals surface area contributed by atoms with Crippen LogP contribution in [0.4, 0.5) is 5.69 Å². The Morgan fingerprint density at radius 1 is 1.03 bits per heavy atom. The van der Waals surface area contributed by atoms with Crippen LogP contribution in [0.1, 0.15) is 24.5 Å². The fraction of sp³-hybridized carbons (Fsp3) is 0.200. The van der Waals surface area contributed by atoms with Gasteiger partial charge in [-0.05, 0) is 41.1 Å². The first-order chi connectivity index (χ1) is 13.9. The molecule has 4 rings (SSSR count). The SMILES string of the molecule is O=C1CCC(=O)N1c1ccc(S(=O)(=O)NCC(O)c2csc3ccccc23)cc1. The van der Waals surface area contributed by atoms with Crippen molar-refractivity contribution in [3.05, 3.63) is 59.5 Å². The molecule has 1 fully saturated rings. The largest absolute Gasteiger partial charge is 0.387 e. The molecule has 1 unspecified atom stereocenters. The normalized spacial score (nSPS) is 16.0. The Morgan fingerprint density at radius 2 is 1.69 bits per heavy atom. The molecule has 150 valence electrons. The van der Waals surface area contributed by atoms with Crippen LogP contribution in [0.5, 0.6) is 0 Å². The van der Waals surface area contributed by atoms with Gasteiger partial charge in [-0.3, -0.25) is 14.5 Å². The molecule has 1 atom stereocenters. The highest BCUT2D eigenvalue weighted by molar-refractivity contribution is 7.89. The van der Waals surface area contributed by atoms with E-state index in [4.69, 9.17) is 0 Å². The number of rotatable bonds is 6. The average Bonchev–Trinajstić information content (AvgIpc) is 3.29. The molecule has 1 aliphatic heterocycles. The van der Waals surface area contributed by atoms with Gasteiger partial charge < -0.3 is 5.11 Å². The Hall–Kier alpha value is -2.59. The van der Waals surface area contributed by atoms with E-state index in [0.717, 1.165) is 15.0 Å². The molecule has 3 aromatic rings. The molecule has 1 saturated heterocycles. The van der Waals surface area contributed by atoms with E-state index < -0.39 is 16.1 Å². The molecule has 2 amide bonds. The summed E-state index contributed by atoms with van der Waals surface area (Å²) < 4.78 is 28.6. The van der Waals surface area contributed by atoms with Crippen molar-refractivity contribution in [2.45, 2.75) is 23.8 Å². The number of amides is 2. The van der Waals surface area contributed by atoms with Gasteiger partial charge in [-0.15, -0.1) is 11.3 Å². The lowest BCUT2D eigenvalue weighted by Crippen LogP contribution is -2.29. The molecule has 2 N–H and O–H groups in total. The minimum Gasteiger partial charge on any atom is -0.387 e. The Kier molecular flexibility index (Phi) is 5.22. The van der Waals surface area contributed by atoms with Gasteiger partial charge in [-0.2, -0.15) is 0 Å². The second-order valence-electron chi connectivity index (χ2n) is 6.67. The van der Waals surface area contributed by atoms with Crippen molar-refractivity contribution in [2.75, 3.05) is 11.4 Å². The van der Waals surface area contributed by atoms with E-state index in [1.165, 1.54) is 35.6 Å². The molecule has 0 bridgehead atoms. The highest BCUT2D eigenvalue weighted by atomic mass is 32.2. The van der Waals surface area contributed by atoms with Crippen LogP contribution < -0.4 is 9.62 Å². The number of hydrogen-bond acceptors (Lipinski definition) is 6. The summed E-state index contributed by atoms with van der Waals surface area (Å²) in [6.45, 7) is -0.173. The summed E-state index contributed by atoms with van der Waals surface area (Å²) in [5.41, 5.74) is 1.02. The average molecular weight is 431 g/mol. The summed E-state index contributed by atoms with van der Waals surface area (Å²) in [6.07, 6.45) is -0.661. The number of anilines is 1. The Balaban J connectivity index is 1.47. The van der Waals surface area contributed by atoms with E-state index in [1.54, 1.807) is 0 Å². The molecule has 9 heteroatoms. The molecule has 0 aliphatic carbocycles. The number of sulfonamides is 1. The monoisotopic (exact) mass is 430 g/mol. The van der Waals surface area contributed by atoms with E-state index in [2.05, 4.69) is 4.72 Å². The molecular weight excluding hydrogens is 412 g/mol. The maximum absolute atomic E-state index is 12.6. The highest BCUT2D eigenvalue weighted by Gasteiger charge is 2.30. The van der Waals surface area contributed by atoms with Crippen LogP contribution in [-0.4, -0.2) is 31.9 Å². The van der Waals surface area contributed by atoms with Crippen molar-refractivity contribution >= 4 is 48.9 Å². The zero-order chi connectivity index (χ0) is 20.6. The van der Waals surface area contributed by atoms with E-state index in [9.17, 15) is 23.1 Å². The second-order valence-corrected chi connectivity index (χ2v) is 9.35. The lowest BCUT2D eigenvalue weighted by molar-refractivity contribution is -0.121. The smallest absolute Gasteiger partial charge is 0.240 e. The van der Waals surface area contributed by atoms with Gasteiger partial charge in [0.05, 0.1) is 16.7 Å². The minimum absolute atomic E-state index is 0.0114. The third kappa shape index (κ3) is 3.82. The zero-order valence-corrected chi connectivity index (χ0v) is 16.9. The fourth-order valence-corrected chi connectivity index (χ4v) is 5.32. The number of nitrogens with zero attached hydrogens (tertiary/aromatic N) is 1. The van der Waals surface area contributed by atoms with Crippen molar-refractivity contribution in [1.29, 1.82) is 0 Å². The quantitative estimate of drug-likeness (QED) is 0.585. The van der Waals surface area contributed by atoms with Crippen LogP contribution in [-0.2, 0) is 19.6 Å². The molecule has 2 heterocycles. The van der Waals surface area contributed by atoms with Gasteiger partial charge in [-0.1, -0.05) is 18.2 Å². The zero-order valence-electron chi connectivity index (χ0n) is 15.2. The van der Waals surface area contributed by atoms with Crippen molar-refractivity contribution < 1.29 is 23.1 Å². The van der Waals surface area contributed by atoms with Gasteiger partial charge >= 0.3 is 0 Å². The fourth-order valence-electron chi connectivity index (χ4n) is 3.28. The maximum Gasteiger partial charge on any atom is 0.240 e. The number of hydrogen-bond donors (Lipinski definition) is 2. The topological polar surface area (TPSA) is 104 Å². The number of carbonyl (C=O) groups excluding carboxylic acids is 2. The van der Waals surface area contributed by atoms with Crippen LogP contribution in [0.15, 0.2) is 58.8 Å². The predicted octanol–water partition coefficient (Wildman–Crippen LogP) is 2.57. The van der Waals surface area contributed by atoms with Crippen LogP contribution in [0, 0.1) is 0 Å². The number of benzene rings is 2. The number of fused-ring (bicyclic) bond motifs is 1. The van der Waals surface area contributed by atoms with E-state index in [1.807, 2.05) is 29.6 Å². The van der Waals surface area contributed by atoms with E-state index in [0.29, 0.717) is 11.3 Å². The van der Waals surface area contributed by atoms with Gasteiger partial charge in [0.15, 0.2) is 0 Å². The molecule has 7 nitrogen and oxygen atoms in total. The summed E-state index contributed by atoms with van der Waals surface area (Å²) in [4.78, 5) is 24.6. The maximum atomic E-state index is 12.6. The van der Waals surface area contributed by atoms with Gasteiger partial charge in [0.2, 0.25) is 21.8 Å². The van der Waals surface area contributed by atoms with Gasteiger partial charge in [0.25, 0.3) is 0 Å². The number of nitrogens with one attached hydrogen (secondary N) is 1. The first-order valence-electron chi connectivity index (χ1n) is 8.96. The number of thiophene rings is 1. The molecule has 29 heavy (non-hydrogen) atoms. The van der Waals surface area contributed by atoms with Crippen molar-refractivity contribution in [1.82, 2.24) is 4.72 Å². The lowest BCUT2D eigenvalue weighted by Gasteiger charge is -2.15. The van der Waals surface area contributed by atoms with Crippen LogP contribution in [0.2, 0.25) is 0 Å². The van der Waals surface area contributed by atoms with Crippen LogP contribution in [0.25, 0.3) is 10.1 Å². The van der Waals surface area contributed by atoms with Crippen molar-refractivity contribution in [3.8, 4) is 0 Å². The second kappa shape index (κ2) is 7.68. The standard InChI is InChI=1S/C20H18N2O5S2/c23-17(16-12-28-18-4-2-1-3-15(16)18)11-21-29(26,27)14-7-5-13(6-8-14)22-19(24)9-10-20(22)25/h1-8,12,17,21,23H,9-11H2. The summed E-state index contributed by atoms with van der Waals surface area (Å²) >= 11 is 1.49. The third-order valence-corrected chi connectivity index (χ3v) is 7.21. The molecule has 1 aromatic heterocycles. The summed E-state index contributed by atoms with van der Waals surface area (Å²) in [7, 11) is -3.86. The van der Waals surface area contributed by atoms with E-state index in [-0.39, 0.29) is 36.1 Å². The predicted molar refractivity (Wildman–Crippen MR) is 110 cm³/mol. The lowest BCUT2D eigenvalue weighted by atomic mass is 10.1. The summed E-state index contributed by atoms with van der Waals surface area (Å²) in [5.74, 6) is -0.593. The Bertz CT molecular complexity index is 1170. The van der Waals surface area contributed by atoms with Crippen molar-refractivity contribution in [3.63, 3.8) is 0 Å². The Labute approximate surface area is 171 Å². The molecule has 0 spiro atoms. The molecule has 1 aliphatic rings. The van der Waals surface area contributed by atoms with Crippen LogP contribution >= 0.6 is 11.3 Å². The van der Waals surface area contributed by atoms with E-state index >= 15 is 0 Å².